The molecule has 0 atom stereocenters. The van der Waals surface area contributed by atoms with Crippen molar-refractivity contribution in [2.24, 2.45) is 0 Å². The van der Waals surface area contributed by atoms with E-state index in [1.807, 2.05) is 39.3 Å². The van der Waals surface area contributed by atoms with Crippen LogP contribution in [0.1, 0.15) is 42.5 Å². The molecule has 0 aliphatic carbocycles. The van der Waals surface area contributed by atoms with Gasteiger partial charge < -0.3 is 16.0 Å². The standard InChI is InChI=1S/C18H25N5O2/c1-6-23-13(5)16(12(4)22-23)17(24)20-14-7-9-15(10-8-14)21-18(25)19-11(2)3/h7-11H,6H2,1-5H3,(H,20,24)(H2,19,21,25). The lowest BCUT2D eigenvalue weighted by atomic mass is 10.1. The van der Waals surface area contributed by atoms with Crippen LogP contribution in [0.15, 0.2) is 24.3 Å². The second-order valence-corrected chi connectivity index (χ2v) is 6.15. The first kappa shape index (κ1) is 18.5. The number of nitrogens with zero attached hydrogens (tertiary/aromatic N) is 2. The summed E-state index contributed by atoms with van der Waals surface area (Å²) in [4.78, 5) is 24.2. The van der Waals surface area contributed by atoms with Crippen molar-refractivity contribution in [3.8, 4) is 0 Å². The van der Waals surface area contributed by atoms with E-state index in [0.717, 1.165) is 12.2 Å². The van der Waals surface area contributed by atoms with Gasteiger partial charge in [-0.1, -0.05) is 0 Å². The number of hydrogen-bond acceptors (Lipinski definition) is 3. The van der Waals surface area contributed by atoms with Gasteiger partial charge in [-0.15, -0.1) is 0 Å². The molecule has 134 valence electrons. The summed E-state index contributed by atoms with van der Waals surface area (Å²) in [6.45, 7) is 10.2. The Morgan fingerprint density at radius 2 is 1.64 bits per heavy atom. The molecule has 3 N–H and O–H groups in total. The van der Waals surface area contributed by atoms with E-state index in [-0.39, 0.29) is 18.0 Å². The molecule has 0 spiro atoms. The summed E-state index contributed by atoms with van der Waals surface area (Å²) in [7, 11) is 0. The number of amides is 3. The Kier molecular flexibility index (Phi) is 5.80. The Labute approximate surface area is 147 Å². The van der Waals surface area contributed by atoms with Gasteiger partial charge in [-0.05, 0) is 58.9 Å². The summed E-state index contributed by atoms with van der Waals surface area (Å²) in [5.74, 6) is -0.187. The van der Waals surface area contributed by atoms with Crippen LogP contribution in [0.25, 0.3) is 0 Å². The molecule has 0 unspecified atom stereocenters. The summed E-state index contributed by atoms with van der Waals surface area (Å²) in [5.41, 5.74) is 3.46. The van der Waals surface area contributed by atoms with Gasteiger partial charge in [-0.2, -0.15) is 5.10 Å². The predicted molar refractivity (Wildman–Crippen MR) is 99.1 cm³/mol. The van der Waals surface area contributed by atoms with Gasteiger partial charge in [0.25, 0.3) is 5.91 Å². The van der Waals surface area contributed by atoms with Crippen molar-refractivity contribution in [2.75, 3.05) is 10.6 Å². The van der Waals surface area contributed by atoms with E-state index in [1.165, 1.54) is 0 Å². The zero-order chi connectivity index (χ0) is 18.6. The van der Waals surface area contributed by atoms with Gasteiger partial charge in [0.1, 0.15) is 0 Å². The van der Waals surface area contributed by atoms with E-state index in [0.29, 0.717) is 22.6 Å². The Balaban J connectivity index is 2.05. The van der Waals surface area contributed by atoms with Gasteiger partial charge in [-0.3, -0.25) is 9.48 Å². The molecule has 2 rings (SSSR count). The van der Waals surface area contributed by atoms with Crippen molar-refractivity contribution >= 4 is 23.3 Å². The topological polar surface area (TPSA) is 88.1 Å². The number of benzene rings is 1. The lowest BCUT2D eigenvalue weighted by molar-refractivity contribution is 0.102. The number of urea groups is 1. The van der Waals surface area contributed by atoms with Crippen LogP contribution >= 0.6 is 0 Å². The molecular weight excluding hydrogens is 318 g/mol. The molecule has 0 aliphatic rings. The molecule has 0 saturated carbocycles. The summed E-state index contributed by atoms with van der Waals surface area (Å²) >= 11 is 0. The van der Waals surface area contributed by atoms with E-state index in [1.54, 1.807) is 24.3 Å². The lowest BCUT2D eigenvalue weighted by Crippen LogP contribution is -2.34. The van der Waals surface area contributed by atoms with Crippen LogP contribution in [0.5, 0.6) is 0 Å². The Hall–Kier alpha value is -2.83. The number of carbonyl (C=O) groups is 2. The number of aryl methyl sites for hydroxylation is 2. The molecular formula is C18H25N5O2. The number of anilines is 2. The van der Waals surface area contributed by atoms with Crippen molar-refractivity contribution in [1.82, 2.24) is 15.1 Å². The van der Waals surface area contributed by atoms with Crippen LogP contribution in [0.2, 0.25) is 0 Å². The van der Waals surface area contributed by atoms with Crippen LogP contribution in [0.4, 0.5) is 16.2 Å². The normalized spacial score (nSPS) is 10.6. The largest absolute Gasteiger partial charge is 0.336 e. The van der Waals surface area contributed by atoms with Gasteiger partial charge in [-0.25, -0.2) is 4.79 Å². The van der Waals surface area contributed by atoms with Crippen LogP contribution in [0.3, 0.4) is 0 Å². The number of carbonyl (C=O) groups excluding carboxylic acids is 2. The number of hydrogen-bond donors (Lipinski definition) is 3. The van der Waals surface area contributed by atoms with E-state index < -0.39 is 0 Å². The highest BCUT2D eigenvalue weighted by atomic mass is 16.2. The second kappa shape index (κ2) is 7.83. The molecule has 1 heterocycles. The fourth-order valence-electron chi connectivity index (χ4n) is 2.59. The molecule has 1 aromatic carbocycles. The molecule has 0 saturated heterocycles. The molecule has 0 aliphatic heterocycles. The van der Waals surface area contributed by atoms with Crippen molar-refractivity contribution in [3.05, 3.63) is 41.2 Å². The van der Waals surface area contributed by atoms with Crippen molar-refractivity contribution < 1.29 is 9.59 Å². The Morgan fingerprint density at radius 1 is 1.08 bits per heavy atom. The average molecular weight is 343 g/mol. The third kappa shape index (κ3) is 4.59. The first-order valence-electron chi connectivity index (χ1n) is 8.34. The monoisotopic (exact) mass is 343 g/mol. The molecule has 0 bridgehead atoms. The first-order chi connectivity index (χ1) is 11.8. The minimum absolute atomic E-state index is 0.0640. The summed E-state index contributed by atoms with van der Waals surface area (Å²) < 4.78 is 1.81. The Morgan fingerprint density at radius 3 is 2.12 bits per heavy atom. The highest BCUT2D eigenvalue weighted by Crippen LogP contribution is 2.18. The Bertz CT molecular complexity index is 763. The lowest BCUT2D eigenvalue weighted by Gasteiger charge is -2.11. The van der Waals surface area contributed by atoms with Gasteiger partial charge >= 0.3 is 6.03 Å². The number of rotatable bonds is 5. The highest BCUT2D eigenvalue weighted by Gasteiger charge is 2.18. The molecule has 7 nitrogen and oxygen atoms in total. The number of aromatic nitrogens is 2. The van der Waals surface area contributed by atoms with E-state index in [4.69, 9.17) is 0 Å². The fraction of sp³-hybridized carbons (Fsp3) is 0.389. The highest BCUT2D eigenvalue weighted by molar-refractivity contribution is 6.06. The summed E-state index contributed by atoms with van der Waals surface area (Å²) in [6, 6.07) is 6.78. The molecule has 0 radical (unpaired) electrons. The second-order valence-electron chi connectivity index (χ2n) is 6.15. The van der Waals surface area contributed by atoms with Crippen LogP contribution in [-0.4, -0.2) is 27.8 Å². The molecule has 7 heteroatoms. The third-order valence-electron chi connectivity index (χ3n) is 3.73. The third-order valence-corrected chi connectivity index (χ3v) is 3.73. The molecule has 25 heavy (non-hydrogen) atoms. The van der Waals surface area contributed by atoms with E-state index >= 15 is 0 Å². The molecule has 0 fully saturated rings. The maximum atomic E-state index is 12.5. The minimum Gasteiger partial charge on any atom is -0.336 e. The fourth-order valence-corrected chi connectivity index (χ4v) is 2.59. The minimum atomic E-state index is -0.259. The van der Waals surface area contributed by atoms with Crippen molar-refractivity contribution in [1.29, 1.82) is 0 Å². The van der Waals surface area contributed by atoms with Crippen LogP contribution in [-0.2, 0) is 6.54 Å². The maximum absolute atomic E-state index is 12.5. The quantitative estimate of drug-likeness (QED) is 0.778. The zero-order valence-electron chi connectivity index (χ0n) is 15.3. The smallest absolute Gasteiger partial charge is 0.319 e. The van der Waals surface area contributed by atoms with Gasteiger partial charge in [0.2, 0.25) is 0 Å². The van der Waals surface area contributed by atoms with Gasteiger partial charge in [0.05, 0.1) is 11.3 Å². The SMILES string of the molecule is CCn1nc(C)c(C(=O)Nc2ccc(NC(=O)NC(C)C)cc2)c1C. The molecule has 1 aromatic heterocycles. The number of nitrogens with one attached hydrogen (secondary N) is 3. The summed E-state index contributed by atoms with van der Waals surface area (Å²) in [6.07, 6.45) is 0. The first-order valence-corrected chi connectivity index (χ1v) is 8.34. The maximum Gasteiger partial charge on any atom is 0.319 e. The summed E-state index contributed by atoms with van der Waals surface area (Å²) in [5, 5.41) is 12.7. The molecule has 2 aromatic rings. The van der Waals surface area contributed by atoms with E-state index in [9.17, 15) is 9.59 Å². The van der Waals surface area contributed by atoms with Crippen molar-refractivity contribution in [2.45, 2.75) is 47.2 Å². The van der Waals surface area contributed by atoms with Crippen LogP contribution < -0.4 is 16.0 Å². The zero-order valence-corrected chi connectivity index (χ0v) is 15.3. The van der Waals surface area contributed by atoms with E-state index in [2.05, 4.69) is 21.0 Å². The predicted octanol–water partition coefficient (Wildman–Crippen LogP) is 3.30. The van der Waals surface area contributed by atoms with Gasteiger partial charge in [0, 0.05) is 29.7 Å². The average Bonchev–Trinajstić information content (AvgIpc) is 2.82. The van der Waals surface area contributed by atoms with Gasteiger partial charge in [0.15, 0.2) is 0 Å². The molecule has 3 amide bonds. The van der Waals surface area contributed by atoms with Crippen LogP contribution in [0, 0.1) is 13.8 Å². The van der Waals surface area contributed by atoms with Crippen molar-refractivity contribution in [3.63, 3.8) is 0 Å².